The maximum Gasteiger partial charge on any atom is 0.149 e. The van der Waals surface area contributed by atoms with Crippen LogP contribution in [0.2, 0.25) is 5.02 Å². The summed E-state index contributed by atoms with van der Waals surface area (Å²) in [6, 6.07) is 8.42. The van der Waals surface area contributed by atoms with Crippen molar-refractivity contribution in [3.05, 3.63) is 35.4 Å². The van der Waals surface area contributed by atoms with Crippen LogP contribution in [0.25, 0.3) is 0 Å². The van der Waals surface area contributed by atoms with Crippen LogP contribution in [0, 0.1) is 0 Å². The smallest absolute Gasteiger partial charge is 0.149 e. The molecular weight excluding hydrogens is 316 g/mol. The molecule has 4 N–H and O–H groups in total. The molecule has 0 aliphatic rings. The Labute approximate surface area is 140 Å². The number of benzene rings is 2. The summed E-state index contributed by atoms with van der Waals surface area (Å²) < 4.78 is 11.0. The lowest BCUT2D eigenvalue weighted by Crippen LogP contribution is -1.99. The molecule has 0 radical (unpaired) electrons. The standard InChI is InChI=1S/C16H19ClN4O2/c1-3-22-15-9-14(16(23-4-2)8-13(15)19)21-20-10-5-6-12(18)11(17)7-10/h5-9H,3-4,18-19H2,1-2H3. The lowest BCUT2D eigenvalue weighted by molar-refractivity contribution is 0.333. The average Bonchev–Trinajstić information content (AvgIpc) is 2.52. The van der Waals surface area contributed by atoms with Crippen LogP contribution in [0.15, 0.2) is 40.6 Å². The molecule has 0 bridgehead atoms. The molecule has 0 saturated heterocycles. The van der Waals surface area contributed by atoms with Gasteiger partial charge in [-0.3, -0.25) is 0 Å². The lowest BCUT2D eigenvalue weighted by Gasteiger charge is -2.11. The first-order valence-electron chi connectivity index (χ1n) is 7.21. The van der Waals surface area contributed by atoms with Crippen molar-refractivity contribution in [1.29, 1.82) is 0 Å². The molecule has 0 heterocycles. The third kappa shape index (κ3) is 4.26. The highest BCUT2D eigenvalue weighted by Gasteiger charge is 2.10. The number of nitrogens with two attached hydrogens (primary N) is 2. The molecule has 0 aliphatic carbocycles. The summed E-state index contributed by atoms with van der Waals surface area (Å²) in [6.45, 7) is 4.76. The number of ether oxygens (including phenoxy) is 2. The monoisotopic (exact) mass is 334 g/mol. The van der Waals surface area contributed by atoms with Crippen molar-refractivity contribution in [1.82, 2.24) is 0 Å². The second-order valence-electron chi connectivity index (χ2n) is 4.63. The zero-order chi connectivity index (χ0) is 16.8. The van der Waals surface area contributed by atoms with E-state index in [4.69, 9.17) is 32.5 Å². The third-order valence-electron chi connectivity index (χ3n) is 2.95. The van der Waals surface area contributed by atoms with Crippen molar-refractivity contribution in [3.63, 3.8) is 0 Å². The molecule has 0 aromatic heterocycles. The van der Waals surface area contributed by atoms with E-state index in [0.717, 1.165) is 0 Å². The fourth-order valence-corrected chi connectivity index (χ4v) is 2.06. The van der Waals surface area contributed by atoms with Gasteiger partial charge in [-0.25, -0.2) is 0 Å². The Balaban J connectivity index is 2.37. The van der Waals surface area contributed by atoms with Crippen molar-refractivity contribution in [2.45, 2.75) is 13.8 Å². The summed E-state index contributed by atoms with van der Waals surface area (Å²) in [6.07, 6.45) is 0. The van der Waals surface area contributed by atoms with E-state index in [0.29, 0.717) is 52.5 Å². The predicted octanol–water partition coefficient (Wildman–Crippen LogP) is 4.72. The fourth-order valence-electron chi connectivity index (χ4n) is 1.88. The Morgan fingerprint density at radius 1 is 0.913 bits per heavy atom. The van der Waals surface area contributed by atoms with E-state index in [9.17, 15) is 0 Å². The molecule has 6 nitrogen and oxygen atoms in total. The van der Waals surface area contributed by atoms with Gasteiger partial charge in [-0.2, -0.15) is 5.11 Å². The Hall–Kier alpha value is -2.47. The average molecular weight is 335 g/mol. The molecule has 0 amide bonds. The maximum atomic E-state index is 5.98. The van der Waals surface area contributed by atoms with Gasteiger partial charge < -0.3 is 20.9 Å². The van der Waals surface area contributed by atoms with Crippen LogP contribution < -0.4 is 20.9 Å². The molecule has 2 aromatic carbocycles. The van der Waals surface area contributed by atoms with Gasteiger partial charge in [-0.1, -0.05) is 11.6 Å². The number of nitrogen functional groups attached to an aromatic ring is 2. The van der Waals surface area contributed by atoms with Crippen LogP contribution in [0.4, 0.5) is 22.7 Å². The van der Waals surface area contributed by atoms with Crippen LogP contribution >= 0.6 is 11.6 Å². The number of rotatable bonds is 6. The number of hydrogen-bond acceptors (Lipinski definition) is 6. The number of halogens is 1. The van der Waals surface area contributed by atoms with E-state index in [-0.39, 0.29) is 0 Å². The molecule has 122 valence electrons. The van der Waals surface area contributed by atoms with Crippen molar-refractivity contribution in [2.24, 2.45) is 10.2 Å². The van der Waals surface area contributed by atoms with Crippen molar-refractivity contribution in [3.8, 4) is 11.5 Å². The van der Waals surface area contributed by atoms with Gasteiger partial charge in [0, 0.05) is 12.1 Å². The minimum atomic E-state index is 0.429. The van der Waals surface area contributed by atoms with E-state index in [1.165, 1.54) is 0 Å². The Kier molecular flexibility index (Phi) is 5.65. The van der Waals surface area contributed by atoms with E-state index < -0.39 is 0 Å². The molecule has 2 rings (SSSR count). The maximum absolute atomic E-state index is 5.98. The molecule has 0 atom stereocenters. The minimum absolute atomic E-state index is 0.429. The second kappa shape index (κ2) is 7.69. The van der Waals surface area contributed by atoms with Crippen LogP contribution in [0.3, 0.4) is 0 Å². The Morgan fingerprint density at radius 2 is 1.61 bits per heavy atom. The SMILES string of the molecule is CCOc1cc(N=Nc2ccc(N)c(Cl)c2)c(OCC)cc1N. The highest BCUT2D eigenvalue weighted by atomic mass is 35.5. The largest absolute Gasteiger partial charge is 0.492 e. The lowest BCUT2D eigenvalue weighted by atomic mass is 10.2. The van der Waals surface area contributed by atoms with Gasteiger partial charge in [-0.05, 0) is 32.0 Å². The highest BCUT2D eigenvalue weighted by molar-refractivity contribution is 6.33. The predicted molar refractivity (Wildman–Crippen MR) is 93.2 cm³/mol. The Bertz CT molecular complexity index is 719. The van der Waals surface area contributed by atoms with Crippen LogP contribution in [0.5, 0.6) is 11.5 Å². The van der Waals surface area contributed by atoms with Crippen molar-refractivity contribution >= 4 is 34.4 Å². The summed E-state index contributed by atoms with van der Waals surface area (Å²) in [5.74, 6) is 1.08. The van der Waals surface area contributed by atoms with E-state index in [1.54, 1.807) is 30.3 Å². The first kappa shape index (κ1) is 16.9. The molecule has 2 aromatic rings. The molecule has 7 heteroatoms. The number of anilines is 2. The fraction of sp³-hybridized carbons (Fsp3) is 0.250. The number of azo groups is 1. The summed E-state index contributed by atoms with van der Waals surface area (Å²) in [5.41, 5.74) is 13.7. The number of nitrogens with zero attached hydrogens (tertiary/aromatic N) is 2. The minimum Gasteiger partial charge on any atom is -0.492 e. The normalized spacial score (nSPS) is 10.9. The van der Waals surface area contributed by atoms with E-state index in [1.807, 2.05) is 13.8 Å². The van der Waals surface area contributed by atoms with Gasteiger partial charge in [0.25, 0.3) is 0 Å². The molecule has 0 fully saturated rings. The van der Waals surface area contributed by atoms with Crippen molar-refractivity contribution < 1.29 is 9.47 Å². The summed E-state index contributed by atoms with van der Waals surface area (Å²) >= 11 is 5.98. The summed E-state index contributed by atoms with van der Waals surface area (Å²) in [7, 11) is 0. The van der Waals surface area contributed by atoms with Crippen LogP contribution in [-0.2, 0) is 0 Å². The first-order valence-corrected chi connectivity index (χ1v) is 7.58. The third-order valence-corrected chi connectivity index (χ3v) is 3.28. The van der Waals surface area contributed by atoms with Crippen LogP contribution in [-0.4, -0.2) is 13.2 Å². The van der Waals surface area contributed by atoms with Crippen molar-refractivity contribution in [2.75, 3.05) is 24.7 Å². The number of hydrogen-bond donors (Lipinski definition) is 2. The van der Waals surface area contributed by atoms with Gasteiger partial charge in [0.05, 0.1) is 35.3 Å². The van der Waals surface area contributed by atoms with Crippen LogP contribution in [0.1, 0.15) is 13.8 Å². The quantitative estimate of drug-likeness (QED) is 0.590. The zero-order valence-electron chi connectivity index (χ0n) is 13.0. The zero-order valence-corrected chi connectivity index (χ0v) is 13.8. The second-order valence-corrected chi connectivity index (χ2v) is 5.04. The summed E-state index contributed by atoms with van der Waals surface area (Å²) in [5, 5.41) is 8.81. The van der Waals surface area contributed by atoms with E-state index in [2.05, 4.69) is 10.2 Å². The molecule has 0 unspecified atom stereocenters. The van der Waals surface area contributed by atoms with E-state index >= 15 is 0 Å². The van der Waals surface area contributed by atoms with Gasteiger partial charge in [-0.15, -0.1) is 5.11 Å². The Morgan fingerprint density at radius 3 is 2.26 bits per heavy atom. The highest BCUT2D eigenvalue weighted by Crippen LogP contribution is 2.38. The van der Waals surface area contributed by atoms with Gasteiger partial charge in [0.15, 0.2) is 0 Å². The van der Waals surface area contributed by atoms with Gasteiger partial charge in [0.2, 0.25) is 0 Å². The summed E-state index contributed by atoms with van der Waals surface area (Å²) in [4.78, 5) is 0. The van der Waals surface area contributed by atoms with Gasteiger partial charge in [0.1, 0.15) is 17.2 Å². The molecule has 0 spiro atoms. The molecule has 23 heavy (non-hydrogen) atoms. The molecule has 0 saturated carbocycles. The van der Waals surface area contributed by atoms with Gasteiger partial charge >= 0.3 is 0 Å². The first-order chi connectivity index (χ1) is 11.0. The molecular formula is C16H19ClN4O2. The molecule has 0 aliphatic heterocycles. The topological polar surface area (TPSA) is 95.2 Å².